The molecule has 0 N–H and O–H groups in total. The van der Waals surface area contributed by atoms with Gasteiger partial charge in [-0.15, -0.1) is 0 Å². The van der Waals surface area contributed by atoms with Crippen LogP contribution in [-0.4, -0.2) is 40.1 Å². The molecule has 2 aromatic rings. The largest absolute Gasteiger partial charge is 0.460 e. The second-order valence-electron chi connectivity index (χ2n) is 6.98. The molecule has 4 nitrogen and oxygen atoms in total. The average Bonchev–Trinajstić information content (AvgIpc) is 2.80. The van der Waals surface area contributed by atoms with Crippen molar-refractivity contribution in [3.8, 4) is 0 Å². The fourth-order valence-electron chi connectivity index (χ4n) is 2.65. The summed E-state index contributed by atoms with van der Waals surface area (Å²) in [6.07, 6.45) is -7.79. The van der Waals surface area contributed by atoms with Crippen LogP contribution in [0.5, 0.6) is 0 Å². The van der Waals surface area contributed by atoms with Gasteiger partial charge in [0.15, 0.2) is 46.5 Å². The Morgan fingerprint density at radius 1 is 0.375 bits per heavy atom. The van der Waals surface area contributed by atoms with Crippen molar-refractivity contribution in [2.45, 2.75) is 38.0 Å². The van der Waals surface area contributed by atoms with Crippen molar-refractivity contribution in [3.63, 3.8) is 0 Å². The van der Waals surface area contributed by atoms with Crippen LogP contribution in [0.2, 0.25) is 0 Å². The Labute approximate surface area is 206 Å². The first kappa shape index (κ1) is 33.3. The summed E-state index contributed by atoms with van der Waals surface area (Å²) in [6, 6.07) is 0. The minimum absolute atomic E-state index is 3.24. The highest BCUT2D eigenvalue weighted by molar-refractivity contribution is 7.95. The number of benzene rings is 2. The molecule has 0 saturated carbocycles. The first-order chi connectivity index (χ1) is 17.6. The predicted molar refractivity (Wildman–Crippen MR) is 86.0 cm³/mol. The SMILES string of the molecule is O=S(=O)(c1c(F)c(F)c(F)c(F)c1F)c1c(F)c(F)c(F)c(F)c1S(=O)(=O)C(F)(F)C(F)(F)C(F)(F)C(F)(F)F. The van der Waals surface area contributed by atoms with Crippen LogP contribution in [-0.2, 0) is 19.7 Å². The van der Waals surface area contributed by atoms with E-state index in [2.05, 4.69) is 0 Å². The number of hydrogen-bond acceptors (Lipinski definition) is 4. The molecule has 0 heterocycles. The van der Waals surface area contributed by atoms with Gasteiger partial charge in [-0.05, 0) is 0 Å². The molecular formula is C16F18O4S2. The van der Waals surface area contributed by atoms with Gasteiger partial charge in [0.1, 0.15) is 14.7 Å². The normalized spacial score (nSPS) is 14.2. The van der Waals surface area contributed by atoms with Crippen molar-refractivity contribution < 1.29 is 95.9 Å². The van der Waals surface area contributed by atoms with E-state index in [-0.39, 0.29) is 0 Å². The van der Waals surface area contributed by atoms with Crippen LogP contribution < -0.4 is 0 Å². The van der Waals surface area contributed by atoms with Crippen LogP contribution in [0.1, 0.15) is 0 Å². The maximum absolute atomic E-state index is 14.4. The zero-order valence-electron chi connectivity index (χ0n) is 17.3. The Hall–Kier alpha value is -2.92. The van der Waals surface area contributed by atoms with Gasteiger partial charge in [-0.3, -0.25) is 0 Å². The van der Waals surface area contributed by atoms with Crippen molar-refractivity contribution >= 4 is 19.7 Å². The van der Waals surface area contributed by atoms with E-state index in [1.807, 2.05) is 0 Å². The molecule has 0 unspecified atom stereocenters. The van der Waals surface area contributed by atoms with Gasteiger partial charge in [-0.25, -0.2) is 56.3 Å². The van der Waals surface area contributed by atoms with Crippen molar-refractivity contribution in [1.29, 1.82) is 0 Å². The summed E-state index contributed by atoms with van der Waals surface area (Å²) in [5.41, 5.74) is 0. The molecule has 0 bridgehead atoms. The first-order valence-electron chi connectivity index (χ1n) is 8.63. The molecule has 0 atom stereocenters. The van der Waals surface area contributed by atoms with Crippen molar-refractivity contribution in [1.82, 2.24) is 0 Å². The van der Waals surface area contributed by atoms with Crippen LogP contribution >= 0.6 is 0 Å². The Balaban J connectivity index is 3.24. The lowest BCUT2D eigenvalue weighted by atomic mass is 10.1. The van der Waals surface area contributed by atoms with Crippen LogP contribution in [0.3, 0.4) is 0 Å². The lowest BCUT2D eigenvalue weighted by molar-refractivity contribution is -0.382. The quantitative estimate of drug-likeness (QED) is 0.166. The Bertz CT molecular complexity index is 1600. The van der Waals surface area contributed by atoms with E-state index in [9.17, 15) is 95.9 Å². The fourth-order valence-corrected chi connectivity index (χ4v) is 6.21. The fraction of sp³-hybridized carbons (Fsp3) is 0.250. The zero-order valence-corrected chi connectivity index (χ0v) is 18.9. The molecule has 24 heteroatoms. The number of rotatable bonds is 6. The third-order valence-corrected chi connectivity index (χ3v) is 8.41. The molecule has 0 aromatic heterocycles. The smallest absolute Gasteiger partial charge is 0.218 e. The average molecular weight is 662 g/mol. The molecule has 2 aromatic carbocycles. The maximum Gasteiger partial charge on any atom is 0.460 e. The van der Waals surface area contributed by atoms with E-state index < -0.39 is 110 Å². The van der Waals surface area contributed by atoms with Gasteiger partial charge in [0.05, 0.1) is 0 Å². The number of alkyl halides is 9. The topological polar surface area (TPSA) is 68.3 Å². The van der Waals surface area contributed by atoms with E-state index in [4.69, 9.17) is 0 Å². The summed E-state index contributed by atoms with van der Waals surface area (Å²) in [5.74, 6) is -49.3. The summed E-state index contributed by atoms with van der Waals surface area (Å²) in [6.45, 7) is 0. The van der Waals surface area contributed by atoms with Gasteiger partial charge in [-0.1, -0.05) is 0 Å². The lowest BCUT2D eigenvalue weighted by Crippen LogP contribution is -2.63. The summed E-state index contributed by atoms with van der Waals surface area (Å²) in [5, 5.41) is -8.20. The Morgan fingerprint density at radius 3 is 0.975 bits per heavy atom. The molecule has 0 fully saturated rings. The van der Waals surface area contributed by atoms with E-state index >= 15 is 0 Å². The van der Waals surface area contributed by atoms with E-state index in [0.717, 1.165) is 0 Å². The van der Waals surface area contributed by atoms with Gasteiger partial charge in [0, 0.05) is 0 Å². The minimum atomic E-state index is -8.78. The summed E-state index contributed by atoms with van der Waals surface area (Å²) >= 11 is 0. The maximum atomic E-state index is 14.4. The van der Waals surface area contributed by atoms with Crippen LogP contribution in [0.25, 0.3) is 0 Å². The first-order valence-corrected chi connectivity index (χ1v) is 11.6. The molecule has 0 saturated heterocycles. The van der Waals surface area contributed by atoms with Crippen molar-refractivity contribution in [2.75, 3.05) is 0 Å². The number of sulfone groups is 2. The molecule has 226 valence electrons. The molecule has 0 spiro atoms. The zero-order chi connectivity index (χ0) is 31.9. The predicted octanol–water partition coefficient (Wildman–Crippen LogP) is 5.97. The van der Waals surface area contributed by atoms with Gasteiger partial charge >= 0.3 is 23.3 Å². The highest BCUT2D eigenvalue weighted by Gasteiger charge is 2.85. The Kier molecular flexibility index (Phi) is 7.74. The second kappa shape index (κ2) is 9.30. The molecule has 2 rings (SSSR count). The molecule has 0 radical (unpaired) electrons. The summed E-state index contributed by atoms with van der Waals surface area (Å²) in [4.78, 5) is -11.9. The van der Waals surface area contributed by atoms with Crippen LogP contribution in [0, 0.1) is 52.4 Å². The van der Waals surface area contributed by atoms with E-state index in [0.29, 0.717) is 0 Å². The lowest BCUT2D eigenvalue weighted by Gasteiger charge is -2.33. The van der Waals surface area contributed by atoms with E-state index in [1.54, 1.807) is 0 Å². The molecule has 0 aliphatic carbocycles. The second-order valence-corrected chi connectivity index (χ2v) is 10.7. The minimum Gasteiger partial charge on any atom is -0.218 e. The highest BCUT2D eigenvalue weighted by atomic mass is 32.2. The Morgan fingerprint density at radius 2 is 0.650 bits per heavy atom. The molecule has 40 heavy (non-hydrogen) atoms. The van der Waals surface area contributed by atoms with Gasteiger partial charge < -0.3 is 0 Å². The number of hydrogen-bond donors (Lipinski definition) is 0. The van der Waals surface area contributed by atoms with Crippen molar-refractivity contribution in [2.24, 2.45) is 0 Å². The van der Waals surface area contributed by atoms with E-state index in [1.165, 1.54) is 0 Å². The van der Waals surface area contributed by atoms with Crippen LogP contribution in [0.15, 0.2) is 14.7 Å². The number of halogens is 18. The molecule has 0 amide bonds. The molecule has 0 aliphatic rings. The standard InChI is InChI=1S/C16F18O4S2/c17-1-2(18)6(22)10(7(23)3(1)19)39(35,36)11-8(24)4(20)5(21)9(25)12(11)40(37,38)16(33,34)14(28,29)13(26,27)15(30,31)32. The third-order valence-electron chi connectivity index (χ3n) is 4.61. The van der Waals surface area contributed by atoms with Gasteiger partial charge in [-0.2, -0.15) is 39.5 Å². The monoisotopic (exact) mass is 662 g/mol. The summed E-state index contributed by atoms with van der Waals surface area (Å²) < 4.78 is 292. The van der Waals surface area contributed by atoms with Crippen molar-refractivity contribution in [3.05, 3.63) is 52.4 Å². The van der Waals surface area contributed by atoms with Crippen LogP contribution in [0.4, 0.5) is 79.0 Å². The van der Waals surface area contributed by atoms with Gasteiger partial charge in [0.2, 0.25) is 15.7 Å². The highest BCUT2D eigenvalue weighted by Crippen LogP contribution is 2.56. The molecule has 0 aliphatic heterocycles. The summed E-state index contributed by atoms with van der Waals surface area (Å²) in [7, 11) is -16.4. The molecular weight excluding hydrogens is 662 g/mol. The third kappa shape index (κ3) is 4.15. The van der Waals surface area contributed by atoms with Gasteiger partial charge in [0.25, 0.3) is 9.84 Å².